The van der Waals surface area contributed by atoms with Crippen molar-refractivity contribution in [3.8, 4) is 17.1 Å². The van der Waals surface area contributed by atoms with Gasteiger partial charge in [0.1, 0.15) is 11.5 Å². The average molecular weight is 373 g/mol. The Balaban J connectivity index is 1.87. The van der Waals surface area contributed by atoms with Gasteiger partial charge in [-0.3, -0.25) is 4.90 Å². The monoisotopic (exact) mass is 373 g/mol. The standard InChI is InChI=1S/C18H23N5O2S/c1-12-15(13(2)25-20-12)10-21(3)11-23-18(26)22(4)17(19-23)14-8-6-7-9-16(14)24-5/h6-9H,10-11H2,1-5H3. The second-order valence-electron chi connectivity index (χ2n) is 6.32. The molecule has 26 heavy (non-hydrogen) atoms. The SMILES string of the molecule is COc1ccccc1-c1nn(CN(C)Cc2c(C)noc2C)c(=S)n1C. The van der Waals surface area contributed by atoms with Gasteiger partial charge in [-0.1, -0.05) is 17.3 Å². The molecule has 138 valence electrons. The highest BCUT2D eigenvalue weighted by molar-refractivity contribution is 7.71. The maximum atomic E-state index is 5.58. The summed E-state index contributed by atoms with van der Waals surface area (Å²) in [6.45, 7) is 5.15. The zero-order valence-corrected chi connectivity index (χ0v) is 16.5. The molecule has 0 radical (unpaired) electrons. The van der Waals surface area contributed by atoms with Crippen molar-refractivity contribution in [2.24, 2.45) is 7.05 Å². The Kier molecular flexibility index (Phi) is 5.24. The van der Waals surface area contributed by atoms with Crippen molar-refractivity contribution < 1.29 is 9.26 Å². The molecule has 0 amide bonds. The van der Waals surface area contributed by atoms with Gasteiger partial charge in [-0.05, 0) is 45.2 Å². The fourth-order valence-corrected chi connectivity index (χ4v) is 3.11. The third-order valence-electron chi connectivity index (χ3n) is 4.37. The molecule has 1 aromatic carbocycles. The Morgan fingerprint density at radius 1 is 1.27 bits per heavy atom. The van der Waals surface area contributed by atoms with Crippen LogP contribution in [0.25, 0.3) is 11.4 Å². The third-order valence-corrected chi connectivity index (χ3v) is 4.86. The molecule has 0 unspecified atom stereocenters. The van der Waals surface area contributed by atoms with Crippen LogP contribution < -0.4 is 4.74 Å². The lowest BCUT2D eigenvalue weighted by Gasteiger charge is -2.16. The van der Waals surface area contributed by atoms with Gasteiger partial charge in [0.15, 0.2) is 10.6 Å². The van der Waals surface area contributed by atoms with Crippen LogP contribution in [0.5, 0.6) is 5.75 Å². The number of benzene rings is 1. The molecule has 8 heteroatoms. The molecule has 0 saturated heterocycles. The van der Waals surface area contributed by atoms with Crippen LogP contribution in [0.3, 0.4) is 0 Å². The van der Waals surface area contributed by atoms with Gasteiger partial charge in [-0.2, -0.15) is 5.10 Å². The summed E-state index contributed by atoms with van der Waals surface area (Å²) in [5.41, 5.74) is 2.92. The largest absolute Gasteiger partial charge is 0.496 e. The number of hydrogen-bond donors (Lipinski definition) is 0. The number of para-hydroxylation sites is 1. The van der Waals surface area contributed by atoms with E-state index in [1.54, 1.807) is 7.11 Å². The summed E-state index contributed by atoms with van der Waals surface area (Å²) in [5.74, 6) is 2.39. The molecule has 0 fully saturated rings. The smallest absolute Gasteiger partial charge is 0.199 e. The topological polar surface area (TPSA) is 61.2 Å². The van der Waals surface area contributed by atoms with Crippen molar-refractivity contribution in [2.45, 2.75) is 27.1 Å². The molecule has 2 aromatic heterocycles. The maximum absolute atomic E-state index is 5.58. The molecular weight excluding hydrogens is 350 g/mol. The summed E-state index contributed by atoms with van der Waals surface area (Å²) in [6.07, 6.45) is 0. The zero-order valence-electron chi connectivity index (χ0n) is 15.7. The summed E-state index contributed by atoms with van der Waals surface area (Å²) in [4.78, 5) is 2.13. The van der Waals surface area contributed by atoms with Gasteiger partial charge in [0.25, 0.3) is 0 Å². The van der Waals surface area contributed by atoms with E-state index in [1.807, 2.05) is 61.5 Å². The highest BCUT2D eigenvalue weighted by atomic mass is 32.1. The van der Waals surface area contributed by atoms with Crippen molar-refractivity contribution in [3.63, 3.8) is 0 Å². The van der Waals surface area contributed by atoms with Gasteiger partial charge in [0, 0.05) is 19.2 Å². The highest BCUT2D eigenvalue weighted by Crippen LogP contribution is 2.28. The molecule has 0 saturated carbocycles. The van der Waals surface area contributed by atoms with Crippen LogP contribution in [0.15, 0.2) is 28.8 Å². The summed E-state index contributed by atoms with van der Waals surface area (Å²) in [7, 11) is 5.59. The second kappa shape index (κ2) is 7.43. The summed E-state index contributed by atoms with van der Waals surface area (Å²) in [5, 5.41) is 8.73. The first-order valence-corrected chi connectivity index (χ1v) is 8.70. The van der Waals surface area contributed by atoms with E-state index in [2.05, 4.69) is 10.1 Å². The Hall–Kier alpha value is -2.45. The molecule has 0 spiro atoms. The fourth-order valence-electron chi connectivity index (χ4n) is 2.92. The highest BCUT2D eigenvalue weighted by Gasteiger charge is 2.16. The van der Waals surface area contributed by atoms with Crippen LogP contribution in [-0.4, -0.2) is 38.6 Å². The minimum Gasteiger partial charge on any atom is -0.496 e. The number of hydrogen-bond acceptors (Lipinski definition) is 6. The predicted octanol–water partition coefficient (Wildman–Crippen LogP) is 3.32. The lowest BCUT2D eigenvalue weighted by molar-refractivity contribution is 0.242. The molecule has 3 rings (SSSR count). The molecule has 0 bridgehead atoms. The molecule has 2 heterocycles. The van der Waals surface area contributed by atoms with Crippen LogP contribution in [0.1, 0.15) is 17.0 Å². The lowest BCUT2D eigenvalue weighted by atomic mass is 10.2. The first-order valence-electron chi connectivity index (χ1n) is 8.30. The Bertz CT molecular complexity index is 953. The maximum Gasteiger partial charge on any atom is 0.199 e. The van der Waals surface area contributed by atoms with Gasteiger partial charge < -0.3 is 13.8 Å². The number of methoxy groups -OCH3 is 1. The van der Waals surface area contributed by atoms with E-state index in [1.165, 1.54) is 0 Å². The molecule has 0 N–H and O–H groups in total. The van der Waals surface area contributed by atoms with E-state index in [4.69, 9.17) is 26.6 Å². The lowest BCUT2D eigenvalue weighted by Crippen LogP contribution is -2.23. The van der Waals surface area contributed by atoms with Crippen LogP contribution >= 0.6 is 12.2 Å². The summed E-state index contributed by atoms with van der Waals surface area (Å²) < 4.78 is 15.1. The van der Waals surface area contributed by atoms with E-state index in [0.717, 1.165) is 34.2 Å². The third kappa shape index (κ3) is 3.42. The number of nitrogens with zero attached hydrogens (tertiary/aromatic N) is 5. The number of aryl methyl sites for hydroxylation is 2. The van der Waals surface area contributed by atoms with E-state index < -0.39 is 0 Å². The van der Waals surface area contributed by atoms with Crippen LogP contribution in [0.2, 0.25) is 0 Å². The first-order chi connectivity index (χ1) is 12.4. The predicted molar refractivity (Wildman–Crippen MR) is 101 cm³/mol. The Morgan fingerprint density at radius 2 is 2.00 bits per heavy atom. The Morgan fingerprint density at radius 3 is 2.65 bits per heavy atom. The summed E-state index contributed by atoms with van der Waals surface area (Å²) >= 11 is 5.58. The van der Waals surface area contributed by atoms with E-state index in [9.17, 15) is 0 Å². The van der Waals surface area contributed by atoms with Crippen LogP contribution in [0, 0.1) is 18.6 Å². The van der Waals surface area contributed by atoms with Crippen molar-refractivity contribution in [1.82, 2.24) is 24.4 Å². The average Bonchev–Trinajstić information content (AvgIpc) is 3.09. The number of aromatic nitrogens is 4. The van der Waals surface area contributed by atoms with Gasteiger partial charge in [0.2, 0.25) is 0 Å². The Labute approximate surface area is 157 Å². The van der Waals surface area contributed by atoms with Crippen molar-refractivity contribution in [3.05, 3.63) is 46.1 Å². The van der Waals surface area contributed by atoms with Crippen LogP contribution in [-0.2, 0) is 20.3 Å². The van der Waals surface area contributed by atoms with Crippen molar-refractivity contribution >= 4 is 12.2 Å². The van der Waals surface area contributed by atoms with Gasteiger partial charge in [-0.15, -0.1) is 0 Å². The minimum absolute atomic E-state index is 0.561. The van der Waals surface area contributed by atoms with Crippen molar-refractivity contribution in [1.29, 1.82) is 0 Å². The molecule has 0 aliphatic heterocycles. The molecule has 7 nitrogen and oxygen atoms in total. The second-order valence-corrected chi connectivity index (χ2v) is 6.69. The quantitative estimate of drug-likeness (QED) is 0.618. The van der Waals surface area contributed by atoms with Gasteiger partial charge in [-0.25, -0.2) is 4.68 Å². The van der Waals surface area contributed by atoms with E-state index >= 15 is 0 Å². The normalized spacial score (nSPS) is 11.3. The molecule has 3 aromatic rings. The van der Waals surface area contributed by atoms with Crippen molar-refractivity contribution in [2.75, 3.05) is 14.2 Å². The minimum atomic E-state index is 0.561. The van der Waals surface area contributed by atoms with E-state index in [-0.39, 0.29) is 0 Å². The molecule has 0 aliphatic carbocycles. The molecule has 0 atom stereocenters. The van der Waals surface area contributed by atoms with Gasteiger partial charge in [0.05, 0.1) is 25.0 Å². The summed E-state index contributed by atoms with van der Waals surface area (Å²) in [6, 6.07) is 7.80. The first kappa shape index (κ1) is 18.3. The van der Waals surface area contributed by atoms with Crippen LogP contribution in [0.4, 0.5) is 0 Å². The molecular formula is C18H23N5O2S. The van der Waals surface area contributed by atoms with Gasteiger partial charge >= 0.3 is 0 Å². The van der Waals surface area contributed by atoms with E-state index in [0.29, 0.717) is 18.0 Å². The molecule has 0 aliphatic rings. The number of ether oxygens (including phenoxy) is 1. The fraction of sp³-hybridized carbons (Fsp3) is 0.389. The number of rotatable bonds is 6. The zero-order chi connectivity index (χ0) is 18.8.